The van der Waals surface area contributed by atoms with E-state index in [-0.39, 0.29) is 36.1 Å². The minimum Gasteiger partial charge on any atom is -0.616 e. The second kappa shape index (κ2) is 8.42. The van der Waals surface area contributed by atoms with E-state index in [4.69, 9.17) is 9.47 Å². The summed E-state index contributed by atoms with van der Waals surface area (Å²) in [5.41, 5.74) is -0.472. The number of hydrogen-bond acceptors (Lipinski definition) is 7. The summed E-state index contributed by atoms with van der Waals surface area (Å²) in [6, 6.07) is 3.00. The number of halogens is 2. The Kier molecular flexibility index (Phi) is 5.99. The van der Waals surface area contributed by atoms with Crippen molar-refractivity contribution < 1.29 is 32.4 Å². The summed E-state index contributed by atoms with van der Waals surface area (Å²) in [7, 11) is 0. The summed E-state index contributed by atoms with van der Waals surface area (Å²) in [4.78, 5) is 30.5. The number of pyridine rings is 1. The minimum absolute atomic E-state index is 0.0442. The van der Waals surface area contributed by atoms with E-state index < -0.39 is 47.6 Å². The molecule has 31 heavy (non-hydrogen) atoms. The summed E-state index contributed by atoms with van der Waals surface area (Å²) in [6.45, 7) is 1.47. The smallest absolute Gasteiger partial charge is 0.308 e. The lowest BCUT2D eigenvalue weighted by molar-refractivity contribution is -0.144. The van der Waals surface area contributed by atoms with Crippen LogP contribution in [0.2, 0.25) is 0 Å². The second-order valence-electron chi connectivity index (χ2n) is 8.43. The lowest BCUT2D eigenvalue weighted by atomic mass is 9.98. The van der Waals surface area contributed by atoms with Gasteiger partial charge in [0.25, 0.3) is 11.8 Å². The molecule has 1 amide bonds. The molecule has 2 aliphatic heterocycles. The van der Waals surface area contributed by atoms with E-state index in [2.05, 4.69) is 10.3 Å². The van der Waals surface area contributed by atoms with E-state index in [1.165, 1.54) is 11.0 Å². The fourth-order valence-electron chi connectivity index (χ4n) is 3.66. The van der Waals surface area contributed by atoms with Crippen LogP contribution in [0.15, 0.2) is 12.1 Å². The zero-order valence-electron chi connectivity index (χ0n) is 17.2. The van der Waals surface area contributed by atoms with Crippen molar-refractivity contribution in [3.63, 3.8) is 0 Å². The average Bonchev–Trinajstić information content (AvgIpc) is 3.47. The number of rotatable bonds is 9. The molecule has 0 bridgehead atoms. The molecular formula is C20H25F2N3O5S. The van der Waals surface area contributed by atoms with Crippen molar-refractivity contribution in [1.29, 1.82) is 0 Å². The van der Waals surface area contributed by atoms with E-state index in [1.54, 1.807) is 13.0 Å². The largest absolute Gasteiger partial charge is 0.616 e. The maximum absolute atomic E-state index is 13.3. The fourth-order valence-corrected chi connectivity index (χ4v) is 5.15. The lowest BCUT2D eigenvalue weighted by Crippen LogP contribution is -2.66. The van der Waals surface area contributed by atoms with Crippen LogP contribution in [0.25, 0.3) is 0 Å². The second-order valence-corrected chi connectivity index (χ2v) is 9.89. The number of hydrogen-bond donors (Lipinski definition) is 1. The van der Waals surface area contributed by atoms with Crippen LogP contribution in [0.1, 0.15) is 36.7 Å². The van der Waals surface area contributed by atoms with Crippen molar-refractivity contribution in [2.45, 2.75) is 37.6 Å². The summed E-state index contributed by atoms with van der Waals surface area (Å²) in [6.07, 6.45) is 2.01. The summed E-state index contributed by atoms with van der Waals surface area (Å²) < 4.78 is 49.1. The molecule has 0 aromatic carbocycles. The number of carbonyl (C=O) groups is 2. The van der Waals surface area contributed by atoms with Gasteiger partial charge >= 0.3 is 5.97 Å². The Bertz CT molecular complexity index is 853. The van der Waals surface area contributed by atoms with Crippen molar-refractivity contribution in [3.8, 4) is 5.88 Å². The molecule has 1 saturated carbocycles. The van der Waals surface area contributed by atoms with E-state index in [9.17, 15) is 22.9 Å². The van der Waals surface area contributed by atoms with Crippen molar-refractivity contribution in [2.75, 3.05) is 42.7 Å². The third-order valence-corrected chi connectivity index (χ3v) is 7.20. The van der Waals surface area contributed by atoms with Gasteiger partial charge in [0.1, 0.15) is 28.4 Å². The number of esters is 1. The molecule has 1 aromatic rings. The normalized spacial score (nSPS) is 26.5. The molecule has 0 unspecified atom stereocenters. The molecule has 0 atom stereocenters. The molecule has 0 radical (unpaired) electrons. The highest BCUT2D eigenvalue weighted by Crippen LogP contribution is 2.38. The summed E-state index contributed by atoms with van der Waals surface area (Å²) in [5, 5.41) is 2.78. The number of anilines is 1. The molecule has 11 heteroatoms. The first-order valence-corrected chi connectivity index (χ1v) is 11.8. The van der Waals surface area contributed by atoms with Crippen LogP contribution in [0, 0.1) is 5.92 Å². The maximum atomic E-state index is 13.3. The highest BCUT2D eigenvalue weighted by Gasteiger charge is 2.52. The van der Waals surface area contributed by atoms with Crippen molar-refractivity contribution >= 4 is 28.7 Å². The molecule has 2 saturated heterocycles. The van der Waals surface area contributed by atoms with Gasteiger partial charge < -0.3 is 24.2 Å². The first kappa shape index (κ1) is 22.1. The molecular weight excluding hydrogens is 432 g/mol. The zero-order valence-corrected chi connectivity index (χ0v) is 18.0. The van der Waals surface area contributed by atoms with Gasteiger partial charge in [0.15, 0.2) is 0 Å². The van der Waals surface area contributed by atoms with Gasteiger partial charge in [0.2, 0.25) is 5.88 Å². The number of alkyl halides is 2. The first-order chi connectivity index (χ1) is 14.7. The third-order valence-electron chi connectivity index (χ3n) is 5.45. The Morgan fingerprint density at radius 1 is 1.32 bits per heavy atom. The zero-order chi connectivity index (χ0) is 22.2. The Labute approximate surface area is 181 Å². The van der Waals surface area contributed by atoms with Crippen molar-refractivity contribution in [3.05, 3.63) is 17.8 Å². The Morgan fingerprint density at radius 3 is 2.61 bits per heavy atom. The SMILES string of the molecule is CCOC(=O)CC1(NC(=O)c2ccc(N3CC(F)(F)C3)c(OCC3CC3)n2)C[S+]([O-])C1. The molecule has 170 valence electrons. The number of ether oxygens (including phenoxy) is 2. The van der Waals surface area contributed by atoms with Crippen LogP contribution in [0.4, 0.5) is 14.5 Å². The molecule has 1 aliphatic carbocycles. The fraction of sp³-hybridized carbons (Fsp3) is 0.650. The van der Waals surface area contributed by atoms with E-state index in [1.807, 2.05) is 0 Å². The van der Waals surface area contributed by atoms with Crippen molar-refractivity contribution in [2.24, 2.45) is 5.92 Å². The number of nitrogens with zero attached hydrogens (tertiary/aromatic N) is 2. The molecule has 3 heterocycles. The quantitative estimate of drug-likeness (QED) is 0.443. The van der Waals surface area contributed by atoms with Crippen LogP contribution in [0.5, 0.6) is 5.88 Å². The molecule has 1 aromatic heterocycles. The lowest BCUT2D eigenvalue weighted by Gasteiger charge is -2.41. The van der Waals surface area contributed by atoms with Gasteiger partial charge in [-0.05, 0) is 49.0 Å². The van der Waals surface area contributed by atoms with Gasteiger partial charge in [-0.15, -0.1) is 0 Å². The number of aromatic nitrogens is 1. The van der Waals surface area contributed by atoms with E-state index in [0.29, 0.717) is 18.2 Å². The Hall–Kier alpha value is -2.14. The number of carbonyl (C=O) groups excluding carboxylic acids is 2. The standard InChI is InChI=1S/C20H25F2N3O5S/c1-2-29-16(26)7-19(11-31(28)12-19)24-17(27)14-5-6-15(25-9-20(21,22)10-25)18(23-14)30-8-13-3-4-13/h5-6,13H,2-4,7-12H2,1H3,(H,24,27). The number of amides is 1. The van der Waals surface area contributed by atoms with Gasteiger partial charge in [0.05, 0.1) is 32.7 Å². The monoisotopic (exact) mass is 457 g/mol. The number of nitrogens with one attached hydrogen (secondary N) is 1. The van der Waals surface area contributed by atoms with Gasteiger partial charge in [0, 0.05) is 0 Å². The molecule has 3 aliphatic rings. The van der Waals surface area contributed by atoms with Crippen LogP contribution in [-0.2, 0) is 20.7 Å². The van der Waals surface area contributed by atoms with E-state index in [0.717, 1.165) is 12.8 Å². The maximum Gasteiger partial charge on any atom is 0.308 e. The highest BCUT2D eigenvalue weighted by atomic mass is 32.2. The topological polar surface area (TPSA) is 104 Å². The minimum atomic E-state index is -2.75. The van der Waals surface area contributed by atoms with Gasteiger partial charge in [-0.3, -0.25) is 9.59 Å². The van der Waals surface area contributed by atoms with Crippen LogP contribution < -0.4 is 15.0 Å². The van der Waals surface area contributed by atoms with Crippen molar-refractivity contribution in [1.82, 2.24) is 10.3 Å². The van der Waals surface area contributed by atoms with Crippen LogP contribution in [-0.4, -0.2) is 70.7 Å². The van der Waals surface area contributed by atoms with Crippen LogP contribution in [0.3, 0.4) is 0 Å². The third kappa shape index (κ3) is 5.20. The molecule has 8 nitrogen and oxygen atoms in total. The Morgan fingerprint density at radius 2 is 2.03 bits per heavy atom. The first-order valence-electron chi connectivity index (χ1n) is 10.3. The van der Waals surface area contributed by atoms with Gasteiger partial charge in [-0.2, -0.15) is 0 Å². The molecule has 3 fully saturated rings. The van der Waals surface area contributed by atoms with Gasteiger partial charge in [-0.1, -0.05) is 0 Å². The molecule has 0 spiro atoms. The molecule has 1 N–H and O–H groups in total. The highest BCUT2D eigenvalue weighted by molar-refractivity contribution is 7.93. The molecule has 4 rings (SSSR count). The predicted molar refractivity (Wildman–Crippen MR) is 109 cm³/mol. The average molecular weight is 457 g/mol. The Balaban J connectivity index is 1.48. The summed E-state index contributed by atoms with van der Waals surface area (Å²) in [5.74, 6) is -2.89. The predicted octanol–water partition coefficient (Wildman–Crippen LogP) is 1.51. The summed E-state index contributed by atoms with van der Waals surface area (Å²) >= 11 is -1.12. The van der Waals surface area contributed by atoms with E-state index >= 15 is 0 Å². The van der Waals surface area contributed by atoms with Gasteiger partial charge in [-0.25, -0.2) is 13.8 Å². The van der Waals surface area contributed by atoms with Crippen LogP contribution >= 0.6 is 0 Å².